The molecule has 0 heterocycles. The van der Waals surface area contributed by atoms with Crippen LogP contribution in [0.2, 0.25) is 0 Å². The fourth-order valence-electron chi connectivity index (χ4n) is 2.29. The Morgan fingerprint density at radius 2 is 2.00 bits per heavy atom. The van der Waals surface area contributed by atoms with Gasteiger partial charge in [-0.05, 0) is 13.0 Å². The minimum absolute atomic E-state index is 0.127. The number of nitrogens with two attached hydrogens (primary N) is 1. The molecule has 0 fully saturated rings. The number of sulfonamides is 1. The van der Waals surface area contributed by atoms with Crippen molar-refractivity contribution < 1.29 is 32.6 Å². The molecule has 22 heavy (non-hydrogen) atoms. The molecule has 7 nitrogen and oxygen atoms in total. The van der Waals surface area contributed by atoms with E-state index in [9.17, 15) is 27.8 Å². The lowest BCUT2D eigenvalue weighted by Gasteiger charge is -2.35. The largest absolute Gasteiger partial charge is 0.465 e. The van der Waals surface area contributed by atoms with Crippen LogP contribution in [0.15, 0.2) is 24.3 Å². The molecule has 2 atom stereocenters. The molecule has 1 rings (SSSR count). The predicted octanol–water partition coefficient (Wildman–Crippen LogP) is -0.732. The monoisotopic (exact) mass is 335 g/mol. The molecule has 0 aliphatic heterocycles. The van der Waals surface area contributed by atoms with E-state index in [4.69, 9.17) is 9.88 Å². The summed E-state index contributed by atoms with van der Waals surface area (Å²) in [5.41, 5.74) is -2.77. The first-order chi connectivity index (χ1) is 10.3. The number of aliphatic hydroxyl groups excluding tert-OH is 2. The van der Waals surface area contributed by atoms with Crippen molar-refractivity contribution >= 4 is 16.0 Å². The number of aliphatic hydroxyl groups is 2. The third-order valence-electron chi connectivity index (χ3n) is 3.36. The van der Waals surface area contributed by atoms with Crippen LogP contribution in [0.4, 0.5) is 4.39 Å². The van der Waals surface area contributed by atoms with Crippen LogP contribution in [-0.2, 0) is 25.0 Å². The number of hydrogen-bond acceptors (Lipinski definition) is 6. The summed E-state index contributed by atoms with van der Waals surface area (Å²) in [5, 5.41) is 22.2. The molecule has 1 aromatic rings. The highest BCUT2D eigenvalue weighted by Crippen LogP contribution is 2.34. The number of halogens is 1. The number of esters is 1. The standard InChI is InChI=1S/C13H18FNO6S/c1-2-21-12(18)13(8-17,11(7-16)22(15,19)20)9-5-3-4-6-10(9)14/h3-6,11,16-17H,2,7-8H2,1H3,(H2,15,19,20). The van der Waals surface area contributed by atoms with Crippen molar-refractivity contribution in [3.05, 3.63) is 35.6 Å². The molecular weight excluding hydrogens is 317 g/mol. The van der Waals surface area contributed by atoms with Crippen LogP contribution >= 0.6 is 0 Å². The van der Waals surface area contributed by atoms with Crippen LogP contribution < -0.4 is 5.14 Å². The SMILES string of the molecule is CCOC(=O)C(CO)(c1ccccc1F)C(CO)S(N)(=O)=O. The van der Waals surface area contributed by atoms with E-state index in [1.807, 2.05) is 0 Å². The molecule has 0 radical (unpaired) electrons. The van der Waals surface area contributed by atoms with E-state index < -0.39 is 51.3 Å². The lowest BCUT2D eigenvalue weighted by atomic mass is 9.77. The van der Waals surface area contributed by atoms with Crippen molar-refractivity contribution in [2.75, 3.05) is 19.8 Å². The highest BCUT2D eigenvalue weighted by Gasteiger charge is 2.54. The van der Waals surface area contributed by atoms with Gasteiger partial charge in [0.2, 0.25) is 10.0 Å². The molecule has 2 unspecified atom stereocenters. The summed E-state index contributed by atoms with van der Waals surface area (Å²) in [4.78, 5) is 12.3. The molecule has 0 amide bonds. The summed E-state index contributed by atoms with van der Waals surface area (Å²) in [5.74, 6) is -2.11. The van der Waals surface area contributed by atoms with Gasteiger partial charge in [-0.3, -0.25) is 4.79 Å². The van der Waals surface area contributed by atoms with Gasteiger partial charge in [0.25, 0.3) is 0 Å². The van der Waals surface area contributed by atoms with Crippen molar-refractivity contribution in [2.24, 2.45) is 5.14 Å². The molecule has 124 valence electrons. The van der Waals surface area contributed by atoms with E-state index in [0.29, 0.717) is 0 Å². The average molecular weight is 335 g/mol. The van der Waals surface area contributed by atoms with Gasteiger partial charge in [-0.1, -0.05) is 18.2 Å². The van der Waals surface area contributed by atoms with E-state index in [-0.39, 0.29) is 6.61 Å². The predicted molar refractivity (Wildman–Crippen MR) is 75.8 cm³/mol. The van der Waals surface area contributed by atoms with Crippen LogP contribution in [0.5, 0.6) is 0 Å². The summed E-state index contributed by atoms with van der Waals surface area (Å²) in [6.45, 7) is -0.856. The molecule has 0 aliphatic rings. The molecule has 4 N–H and O–H groups in total. The van der Waals surface area contributed by atoms with Crippen molar-refractivity contribution in [1.29, 1.82) is 0 Å². The van der Waals surface area contributed by atoms with Gasteiger partial charge in [-0.2, -0.15) is 0 Å². The van der Waals surface area contributed by atoms with Crippen LogP contribution in [-0.4, -0.2) is 49.7 Å². The molecule has 0 spiro atoms. The van der Waals surface area contributed by atoms with E-state index >= 15 is 0 Å². The maximum atomic E-state index is 14.1. The number of carbonyl (C=O) groups is 1. The van der Waals surface area contributed by atoms with Crippen molar-refractivity contribution in [2.45, 2.75) is 17.6 Å². The Morgan fingerprint density at radius 3 is 2.41 bits per heavy atom. The number of carbonyl (C=O) groups excluding carboxylic acids is 1. The quantitative estimate of drug-likeness (QED) is 0.564. The molecule has 0 saturated heterocycles. The fourth-order valence-corrected chi connectivity index (χ4v) is 3.36. The number of rotatable bonds is 7. The number of hydrogen-bond donors (Lipinski definition) is 3. The Labute approximate surface area is 127 Å². The Kier molecular flexibility index (Phi) is 6.00. The van der Waals surface area contributed by atoms with E-state index in [0.717, 1.165) is 12.1 Å². The highest BCUT2D eigenvalue weighted by atomic mass is 32.2. The van der Waals surface area contributed by atoms with Gasteiger partial charge in [0, 0.05) is 5.56 Å². The highest BCUT2D eigenvalue weighted by molar-refractivity contribution is 7.89. The van der Waals surface area contributed by atoms with E-state index in [1.54, 1.807) is 0 Å². The summed E-state index contributed by atoms with van der Waals surface area (Å²) < 4.78 is 42.4. The Morgan fingerprint density at radius 1 is 1.41 bits per heavy atom. The summed E-state index contributed by atoms with van der Waals surface area (Å²) >= 11 is 0. The van der Waals surface area contributed by atoms with Gasteiger partial charge in [0.05, 0.1) is 19.8 Å². The minimum Gasteiger partial charge on any atom is -0.465 e. The normalized spacial score (nSPS) is 15.9. The Bertz CT molecular complexity index is 635. The van der Waals surface area contributed by atoms with Gasteiger partial charge in [0.15, 0.2) is 0 Å². The average Bonchev–Trinajstić information content (AvgIpc) is 2.44. The molecule has 9 heteroatoms. The molecular formula is C13H18FNO6S. The number of benzene rings is 1. The summed E-state index contributed by atoms with van der Waals surface area (Å²) in [7, 11) is -4.49. The van der Waals surface area contributed by atoms with Gasteiger partial charge in [0.1, 0.15) is 16.5 Å². The topological polar surface area (TPSA) is 127 Å². The Balaban J connectivity index is 3.70. The summed E-state index contributed by atoms with van der Waals surface area (Å²) in [6.07, 6.45) is 0. The number of ether oxygens (including phenoxy) is 1. The zero-order valence-corrected chi connectivity index (χ0v) is 12.7. The second-order valence-corrected chi connectivity index (χ2v) is 6.34. The molecule has 1 aromatic carbocycles. The lowest BCUT2D eigenvalue weighted by molar-refractivity contribution is -0.152. The second kappa shape index (κ2) is 7.14. The van der Waals surface area contributed by atoms with Gasteiger partial charge < -0.3 is 14.9 Å². The first-order valence-electron chi connectivity index (χ1n) is 6.41. The molecule has 0 aromatic heterocycles. The van der Waals surface area contributed by atoms with Crippen molar-refractivity contribution in [3.63, 3.8) is 0 Å². The number of primary sulfonamides is 1. The maximum Gasteiger partial charge on any atom is 0.320 e. The molecule has 0 bridgehead atoms. The Hall–Kier alpha value is -1.55. The van der Waals surface area contributed by atoms with Gasteiger partial charge >= 0.3 is 5.97 Å². The van der Waals surface area contributed by atoms with E-state index in [1.165, 1.54) is 19.1 Å². The molecule has 0 aliphatic carbocycles. The van der Waals surface area contributed by atoms with Crippen molar-refractivity contribution in [1.82, 2.24) is 0 Å². The smallest absolute Gasteiger partial charge is 0.320 e. The van der Waals surface area contributed by atoms with Crippen LogP contribution in [0.1, 0.15) is 12.5 Å². The van der Waals surface area contributed by atoms with Crippen LogP contribution in [0.3, 0.4) is 0 Å². The first kappa shape index (κ1) is 18.5. The third-order valence-corrected chi connectivity index (χ3v) is 4.70. The first-order valence-corrected chi connectivity index (χ1v) is 8.02. The van der Waals surface area contributed by atoms with Crippen molar-refractivity contribution in [3.8, 4) is 0 Å². The zero-order valence-electron chi connectivity index (χ0n) is 11.9. The maximum absolute atomic E-state index is 14.1. The summed E-state index contributed by atoms with van der Waals surface area (Å²) in [6, 6.07) is 4.82. The fraction of sp³-hybridized carbons (Fsp3) is 0.462. The van der Waals surface area contributed by atoms with Gasteiger partial charge in [-0.15, -0.1) is 0 Å². The van der Waals surface area contributed by atoms with E-state index in [2.05, 4.69) is 0 Å². The third kappa shape index (κ3) is 3.27. The minimum atomic E-state index is -4.49. The van der Waals surface area contributed by atoms with Gasteiger partial charge in [-0.25, -0.2) is 17.9 Å². The molecule has 0 saturated carbocycles. The second-order valence-electron chi connectivity index (χ2n) is 4.59. The van der Waals surface area contributed by atoms with Crippen LogP contribution in [0, 0.1) is 5.82 Å². The lowest BCUT2D eigenvalue weighted by Crippen LogP contribution is -2.57. The van der Waals surface area contributed by atoms with Crippen LogP contribution in [0.25, 0.3) is 0 Å². The zero-order chi connectivity index (χ0) is 17.0.